The van der Waals surface area contributed by atoms with Crippen LogP contribution in [-0.2, 0) is 16.1 Å². The fourth-order valence-corrected chi connectivity index (χ4v) is 2.63. The number of ether oxygens (including phenoxy) is 1. The first kappa shape index (κ1) is 15.1. The molecule has 0 aromatic carbocycles. The van der Waals surface area contributed by atoms with E-state index in [1.165, 1.54) is 0 Å². The zero-order chi connectivity index (χ0) is 14.7. The number of nitrogens with zero attached hydrogens (tertiary/aromatic N) is 2. The van der Waals surface area contributed by atoms with Gasteiger partial charge in [0.15, 0.2) is 0 Å². The van der Waals surface area contributed by atoms with Crippen molar-refractivity contribution >= 4 is 27.8 Å². The van der Waals surface area contributed by atoms with Crippen LogP contribution >= 0.6 is 15.9 Å². The van der Waals surface area contributed by atoms with Gasteiger partial charge in [0, 0.05) is 23.3 Å². The van der Waals surface area contributed by atoms with Crippen LogP contribution in [0.5, 0.6) is 0 Å². The van der Waals surface area contributed by atoms with Crippen LogP contribution in [0, 0.1) is 0 Å². The van der Waals surface area contributed by atoms with Gasteiger partial charge >= 0.3 is 5.97 Å². The number of amides is 1. The average molecular weight is 343 g/mol. The number of aryl methyl sites for hydroxylation is 1. The largest absolute Gasteiger partial charge is 0.465 e. The lowest BCUT2D eigenvalue weighted by molar-refractivity contribution is -0.144. The number of aromatic nitrogens is 1. The molecular weight excluding hydrogens is 324 g/mol. The summed E-state index contributed by atoms with van der Waals surface area (Å²) in [6.45, 7) is 4.83. The van der Waals surface area contributed by atoms with Crippen LogP contribution in [0.15, 0.2) is 16.7 Å². The second kappa shape index (κ2) is 6.43. The Kier molecular flexibility index (Phi) is 4.86. The predicted octanol–water partition coefficient (Wildman–Crippen LogP) is 2.44. The molecule has 1 heterocycles. The van der Waals surface area contributed by atoms with Crippen molar-refractivity contribution in [1.82, 2.24) is 9.47 Å². The second-order valence-corrected chi connectivity index (χ2v) is 5.71. The molecule has 0 atom stereocenters. The van der Waals surface area contributed by atoms with Crippen LogP contribution in [0.25, 0.3) is 0 Å². The van der Waals surface area contributed by atoms with E-state index in [2.05, 4.69) is 15.9 Å². The predicted molar refractivity (Wildman–Crippen MR) is 78.5 cm³/mol. The van der Waals surface area contributed by atoms with Gasteiger partial charge in [-0.2, -0.15) is 0 Å². The molecule has 6 heteroatoms. The average Bonchev–Trinajstić information content (AvgIpc) is 3.18. The van der Waals surface area contributed by atoms with E-state index < -0.39 is 0 Å². The molecule has 0 N–H and O–H groups in total. The molecule has 1 aliphatic carbocycles. The summed E-state index contributed by atoms with van der Waals surface area (Å²) in [6.07, 6.45) is 3.79. The molecule has 1 saturated carbocycles. The third-order valence-corrected chi connectivity index (χ3v) is 3.71. The van der Waals surface area contributed by atoms with Gasteiger partial charge in [-0.15, -0.1) is 0 Å². The monoisotopic (exact) mass is 342 g/mol. The number of esters is 1. The van der Waals surface area contributed by atoms with E-state index in [1.807, 2.05) is 17.7 Å². The molecule has 0 aliphatic heterocycles. The zero-order valence-corrected chi connectivity index (χ0v) is 13.4. The lowest BCUT2D eigenvalue weighted by atomic mass is 10.3. The summed E-state index contributed by atoms with van der Waals surface area (Å²) in [7, 11) is 0. The fourth-order valence-electron chi connectivity index (χ4n) is 2.16. The summed E-state index contributed by atoms with van der Waals surface area (Å²) in [5.74, 6) is -0.450. The van der Waals surface area contributed by atoms with Crippen molar-refractivity contribution < 1.29 is 14.3 Å². The lowest BCUT2D eigenvalue weighted by Crippen LogP contribution is -2.39. The van der Waals surface area contributed by atoms with Crippen molar-refractivity contribution in [2.75, 3.05) is 13.2 Å². The molecule has 1 aromatic rings. The highest BCUT2D eigenvalue weighted by molar-refractivity contribution is 9.10. The van der Waals surface area contributed by atoms with Gasteiger partial charge < -0.3 is 14.2 Å². The number of carbonyl (C=O) groups excluding carboxylic acids is 2. The van der Waals surface area contributed by atoms with Crippen molar-refractivity contribution in [3.63, 3.8) is 0 Å². The van der Waals surface area contributed by atoms with Gasteiger partial charge in [-0.3, -0.25) is 9.59 Å². The first-order valence-electron chi connectivity index (χ1n) is 6.89. The van der Waals surface area contributed by atoms with E-state index in [9.17, 15) is 9.59 Å². The molecular formula is C14H19BrN2O3. The molecule has 0 spiro atoms. The molecule has 1 aliphatic rings. The van der Waals surface area contributed by atoms with Crippen molar-refractivity contribution in [3.8, 4) is 0 Å². The first-order valence-corrected chi connectivity index (χ1v) is 7.68. The molecule has 0 saturated heterocycles. The van der Waals surface area contributed by atoms with Crippen molar-refractivity contribution in [3.05, 3.63) is 22.4 Å². The molecule has 1 aromatic heterocycles. The van der Waals surface area contributed by atoms with Crippen LogP contribution in [-0.4, -0.2) is 40.5 Å². The minimum absolute atomic E-state index is 0.0316. The standard InChI is InChI=1S/C14H19BrN2O3/c1-3-16-8-10(15)7-12(16)14(19)17(11-5-6-11)9-13(18)20-4-2/h7-8,11H,3-6,9H2,1-2H3. The molecule has 0 bridgehead atoms. The van der Waals surface area contributed by atoms with Gasteiger partial charge in [0.05, 0.1) is 6.61 Å². The topological polar surface area (TPSA) is 51.5 Å². The number of halogens is 1. The van der Waals surface area contributed by atoms with Crippen molar-refractivity contribution in [2.45, 2.75) is 39.3 Å². The van der Waals surface area contributed by atoms with E-state index in [0.29, 0.717) is 18.8 Å². The number of hydrogen-bond acceptors (Lipinski definition) is 3. The van der Waals surface area contributed by atoms with E-state index in [4.69, 9.17) is 4.74 Å². The Bertz CT molecular complexity index is 509. The highest BCUT2D eigenvalue weighted by Gasteiger charge is 2.35. The third kappa shape index (κ3) is 3.42. The molecule has 0 radical (unpaired) electrons. The Labute approximate surface area is 127 Å². The van der Waals surface area contributed by atoms with E-state index in [1.54, 1.807) is 17.9 Å². The van der Waals surface area contributed by atoms with Crippen molar-refractivity contribution in [2.24, 2.45) is 0 Å². The first-order chi connectivity index (χ1) is 9.56. The number of hydrogen-bond donors (Lipinski definition) is 0. The smallest absolute Gasteiger partial charge is 0.325 e. The highest BCUT2D eigenvalue weighted by Crippen LogP contribution is 2.29. The van der Waals surface area contributed by atoms with E-state index in [-0.39, 0.29) is 24.5 Å². The summed E-state index contributed by atoms with van der Waals surface area (Å²) in [5, 5.41) is 0. The van der Waals surface area contributed by atoms with Gasteiger partial charge in [-0.25, -0.2) is 0 Å². The summed E-state index contributed by atoms with van der Waals surface area (Å²) in [6, 6.07) is 1.97. The fraction of sp³-hybridized carbons (Fsp3) is 0.571. The SMILES string of the molecule is CCOC(=O)CN(C(=O)c1cc(Br)cn1CC)C1CC1. The second-order valence-electron chi connectivity index (χ2n) is 4.80. The highest BCUT2D eigenvalue weighted by atomic mass is 79.9. The molecule has 1 amide bonds. The van der Waals surface area contributed by atoms with Gasteiger partial charge in [0.25, 0.3) is 5.91 Å². The number of carbonyl (C=O) groups is 2. The van der Waals surface area contributed by atoms with Crippen LogP contribution in [0.4, 0.5) is 0 Å². The van der Waals surface area contributed by atoms with E-state index >= 15 is 0 Å². The van der Waals surface area contributed by atoms with E-state index in [0.717, 1.165) is 17.3 Å². The Morgan fingerprint density at radius 3 is 2.70 bits per heavy atom. The van der Waals surface area contributed by atoms with Crippen LogP contribution in [0.1, 0.15) is 37.2 Å². The number of rotatable bonds is 6. The van der Waals surface area contributed by atoms with Crippen molar-refractivity contribution in [1.29, 1.82) is 0 Å². The molecule has 110 valence electrons. The van der Waals surface area contributed by atoms with Gasteiger partial charge in [-0.1, -0.05) is 0 Å². The molecule has 20 heavy (non-hydrogen) atoms. The molecule has 5 nitrogen and oxygen atoms in total. The Morgan fingerprint density at radius 2 is 2.15 bits per heavy atom. The van der Waals surface area contributed by atoms with Gasteiger partial charge in [0.1, 0.15) is 12.2 Å². The molecule has 0 unspecified atom stereocenters. The minimum Gasteiger partial charge on any atom is -0.465 e. The van der Waals surface area contributed by atoms with Crippen LogP contribution in [0.3, 0.4) is 0 Å². The minimum atomic E-state index is -0.346. The maximum atomic E-state index is 12.6. The quantitative estimate of drug-likeness (QED) is 0.746. The van der Waals surface area contributed by atoms with Crippen LogP contribution in [0.2, 0.25) is 0 Å². The Morgan fingerprint density at radius 1 is 1.45 bits per heavy atom. The normalized spacial score (nSPS) is 14.2. The maximum Gasteiger partial charge on any atom is 0.325 e. The Hall–Kier alpha value is -1.30. The van der Waals surface area contributed by atoms with Crippen LogP contribution < -0.4 is 0 Å². The van der Waals surface area contributed by atoms with Gasteiger partial charge in [-0.05, 0) is 48.7 Å². The molecule has 1 fully saturated rings. The maximum absolute atomic E-state index is 12.6. The Balaban J connectivity index is 2.16. The summed E-state index contributed by atoms with van der Waals surface area (Å²) >= 11 is 3.39. The third-order valence-electron chi connectivity index (χ3n) is 3.28. The molecule has 2 rings (SSSR count). The zero-order valence-electron chi connectivity index (χ0n) is 11.8. The summed E-state index contributed by atoms with van der Waals surface area (Å²) in [5.41, 5.74) is 0.607. The van der Waals surface area contributed by atoms with Gasteiger partial charge in [0.2, 0.25) is 0 Å². The summed E-state index contributed by atoms with van der Waals surface area (Å²) in [4.78, 5) is 25.9. The summed E-state index contributed by atoms with van der Waals surface area (Å²) < 4.78 is 7.70. The lowest BCUT2D eigenvalue weighted by Gasteiger charge is -2.21.